The summed E-state index contributed by atoms with van der Waals surface area (Å²) in [5, 5.41) is 0. The smallest absolute Gasteiger partial charge is 0.251 e. The second-order valence-electron chi connectivity index (χ2n) is 5.51. The lowest BCUT2D eigenvalue weighted by atomic mass is 10.1. The second kappa shape index (κ2) is 4.78. The fraction of sp³-hybridized carbons (Fsp3) is 0.375. The first kappa shape index (κ1) is 12.9. The molecule has 0 aliphatic heterocycles. The molecule has 1 aliphatic carbocycles. The largest absolute Gasteiger partial charge is 0.398 e. The third-order valence-electron chi connectivity index (χ3n) is 4.23. The predicted molar refractivity (Wildman–Crippen MR) is 80.0 cm³/mol. The summed E-state index contributed by atoms with van der Waals surface area (Å²) in [5.74, 6) is 0. The molecule has 0 unspecified atom stereocenters. The Kier molecular flexibility index (Phi) is 3.08. The lowest BCUT2D eigenvalue weighted by Crippen LogP contribution is -2.24. The maximum absolute atomic E-state index is 12.2. The van der Waals surface area contributed by atoms with Gasteiger partial charge in [0.1, 0.15) is 0 Å². The van der Waals surface area contributed by atoms with Gasteiger partial charge in [0.2, 0.25) is 0 Å². The van der Waals surface area contributed by atoms with Gasteiger partial charge in [0.15, 0.2) is 0 Å². The maximum Gasteiger partial charge on any atom is 0.251 e. The van der Waals surface area contributed by atoms with E-state index in [1.807, 2.05) is 24.5 Å². The highest BCUT2D eigenvalue weighted by atomic mass is 16.1. The van der Waals surface area contributed by atoms with Crippen LogP contribution in [0.3, 0.4) is 0 Å². The van der Waals surface area contributed by atoms with E-state index in [1.54, 1.807) is 12.3 Å². The molecule has 0 amide bonds. The van der Waals surface area contributed by atoms with E-state index in [-0.39, 0.29) is 5.56 Å². The molecule has 0 saturated carbocycles. The van der Waals surface area contributed by atoms with Crippen LogP contribution in [0.1, 0.15) is 34.5 Å². The molecule has 3 rings (SSSR count). The van der Waals surface area contributed by atoms with Crippen molar-refractivity contribution >= 4 is 5.69 Å². The zero-order valence-corrected chi connectivity index (χ0v) is 11.9. The Bertz CT molecular complexity index is 731. The van der Waals surface area contributed by atoms with Gasteiger partial charge in [-0.05, 0) is 49.8 Å². The fourth-order valence-electron chi connectivity index (χ4n) is 2.91. The van der Waals surface area contributed by atoms with Crippen molar-refractivity contribution in [3.05, 3.63) is 56.8 Å². The number of hydrogen-bond acceptors (Lipinski definition) is 3. The highest BCUT2D eigenvalue weighted by Gasteiger charge is 2.17. The van der Waals surface area contributed by atoms with Gasteiger partial charge in [-0.15, -0.1) is 0 Å². The summed E-state index contributed by atoms with van der Waals surface area (Å²) < 4.78 is 1.85. The minimum atomic E-state index is 0.0472. The van der Waals surface area contributed by atoms with Crippen LogP contribution in [0.15, 0.2) is 23.1 Å². The molecule has 4 nitrogen and oxygen atoms in total. The maximum atomic E-state index is 12.2. The monoisotopic (exact) mass is 269 g/mol. The fourth-order valence-corrected chi connectivity index (χ4v) is 2.91. The molecule has 0 aromatic carbocycles. The summed E-state index contributed by atoms with van der Waals surface area (Å²) in [6, 6.07) is 3.63. The standard InChI is InChI=1S/C16H19N3O/c1-10-8-18-13(11(2)16(10)17)9-19-14-5-3-4-12(14)6-7-15(19)20/h6-8H,3-5,9H2,1-2H3,(H2,17,18). The Morgan fingerprint density at radius 1 is 1.30 bits per heavy atom. The highest BCUT2D eigenvalue weighted by Crippen LogP contribution is 2.22. The molecule has 0 spiro atoms. The third-order valence-corrected chi connectivity index (χ3v) is 4.23. The quantitative estimate of drug-likeness (QED) is 0.906. The molecule has 0 bridgehead atoms. The molecule has 1 aliphatic rings. The van der Waals surface area contributed by atoms with Crippen LogP contribution in [0.25, 0.3) is 0 Å². The average Bonchev–Trinajstić information content (AvgIpc) is 2.90. The second-order valence-corrected chi connectivity index (χ2v) is 5.51. The molecule has 20 heavy (non-hydrogen) atoms. The van der Waals surface area contributed by atoms with Crippen molar-refractivity contribution in [2.75, 3.05) is 5.73 Å². The van der Waals surface area contributed by atoms with Crippen molar-refractivity contribution in [2.45, 2.75) is 39.7 Å². The third kappa shape index (κ3) is 2.01. The number of nitrogens with zero attached hydrogens (tertiary/aromatic N) is 2. The average molecular weight is 269 g/mol. The van der Waals surface area contributed by atoms with Crippen molar-refractivity contribution in [3.8, 4) is 0 Å². The molecule has 4 heteroatoms. The Balaban J connectivity index is 2.07. The number of fused-ring (bicyclic) bond motifs is 1. The van der Waals surface area contributed by atoms with Crippen LogP contribution in [0, 0.1) is 13.8 Å². The molecule has 104 valence electrons. The van der Waals surface area contributed by atoms with Crippen LogP contribution in [0.2, 0.25) is 0 Å². The van der Waals surface area contributed by atoms with Crippen LogP contribution in [0.4, 0.5) is 5.69 Å². The molecule has 0 atom stereocenters. The molecule has 0 radical (unpaired) electrons. The number of anilines is 1. The molecule has 2 aromatic rings. The molecule has 2 N–H and O–H groups in total. The van der Waals surface area contributed by atoms with Crippen molar-refractivity contribution in [1.29, 1.82) is 0 Å². The molecule has 2 heterocycles. The molecule has 2 aromatic heterocycles. The Hall–Kier alpha value is -2.10. The summed E-state index contributed by atoms with van der Waals surface area (Å²) in [5.41, 5.74) is 12.2. The highest BCUT2D eigenvalue weighted by molar-refractivity contribution is 5.53. The first-order valence-electron chi connectivity index (χ1n) is 7.00. The van der Waals surface area contributed by atoms with Crippen molar-refractivity contribution < 1.29 is 0 Å². The predicted octanol–water partition coefficient (Wildman–Crippen LogP) is 1.98. The van der Waals surface area contributed by atoms with E-state index in [4.69, 9.17) is 5.73 Å². The lowest BCUT2D eigenvalue weighted by molar-refractivity contribution is 0.690. The van der Waals surface area contributed by atoms with Gasteiger partial charge in [0, 0.05) is 23.6 Å². The van der Waals surface area contributed by atoms with Crippen molar-refractivity contribution in [2.24, 2.45) is 0 Å². The van der Waals surface area contributed by atoms with Crippen LogP contribution in [0.5, 0.6) is 0 Å². The zero-order valence-electron chi connectivity index (χ0n) is 11.9. The number of nitrogen functional groups attached to an aromatic ring is 1. The molecular weight excluding hydrogens is 250 g/mol. The molecular formula is C16H19N3O. The van der Waals surface area contributed by atoms with E-state index in [9.17, 15) is 4.79 Å². The van der Waals surface area contributed by atoms with Crippen molar-refractivity contribution in [1.82, 2.24) is 9.55 Å². The SMILES string of the molecule is Cc1cnc(Cn2c3c(ccc2=O)CCC3)c(C)c1N. The van der Waals surface area contributed by atoms with E-state index < -0.39 is 0 Å². The number of pyridine rings is 2. The van der Waals surface area contributed by atoms with Crippen molar-refractivity contribution in [3.63, 3.8) is 0 Å². The Labute approximate surface area is 118 Å². The van der Waals surface area contributed by atoms with E-state index in [0.29, 0.717) is 6.54 Å². The van der Waals surface area contributed by atoms with E-state index in [1.165, 1.54) is 5.56 Å². The van der Waals surface area contributed by atoms with Gasteiger partial charge in [-0.3, -0.25) is 9.78 Å². The lowest BCUT2D eigenvalue weighted by Gasteiger charge is -2.14. The van der Waals surface area contributed by atoms with Gasteiger partial charge in [-0.1, -0.05) is 6.07 Å². The van der Waals surface area contributed by atoms with Crippen LogP contribution >= 0.6 is 0 Å². The van der Waals surface area contributed by atoms with Crippen LogP contribution in [-0.4, -0.2) is 9.55 Å². The Morgan fingerprint density at radius 2 is 2.10 bits per heavy atom. The number of hydrogen-bond donors (Lipinski definition) is 1. The van der Waals surface area contributed by atoms with Crippen LogP contribution in [-0.2, 0) is 19.4 Å². The van der Waals surface area contributed by atoms with E-state index in [2.05, 4.69) is 4.98 Å². The summed E-state index contributed by atoms with van der Waals surface area (Å²) in [4.78, 5) is 16.6. The zero-order chi connectivity index (χ0) is 14.3. The van der Waals surface area contributed by atoms with E-state index in [0.717, 1.165) is 47.5 Å². The van der Waals surface area contributed by atoms with Gasteiger partial charge in [0.25, 0.3) is 5.56 Å². The number of aromatic nitrogens is 2. The first-order valence-corrected chi connectivity index (χ1v) is 7.00. The van der Waals surface area contributed by atoms with E-state index >= 15 is 0 Å². The van der Waals surface area contributed by atoms with Gasteiger partial charge in [-0.2, -0.15) is 0 Å². The molecule has 0 fully saturated rings. The normalized spacial score (nSPS) is 13.5. The number of rotatable bonds is 2. The number of aryl methyl sites for hydroxylation is 2. The topological polar surface area (TPSA) is 60.9 Å². The van der Waals surface area contributed by atoms with Gasteiger partial charge in [-0.25, -0.2) is 0 Å². The summed E-state index contributed by atoms with van der Waals surface area (Å²) in [7, 11) is 0. The minimum absolute atomic E-state index is 0.0472. The van der Waals surface area contributed by atoms with Gasteiger partial charge in [0.05, 0.1) is 12.2 Å². The van der Waals surface area contributed by atoms with Crippen LogP contribution < -0.4 is 11.3 Å². The van der Waals surface area contributed by atoms with Gasteiger partial charge >= 0.3 is 0 Å². The molecule has 0 saturated heterocycles. The summed E-state index contributed by atoms with van der Waals surface area (Å²) in [6.45, 7) is 4.43. The summed E-state index contributed by atoms with van der Waals surface area (Å²) in [6.07, 6.45) is 4.96. The number of nitrogens with two attached hydrogens (primary N) is 1. The Morgan fingerprint density at radius 3 is 2.90 bits per heavy atom. The minimum Gasteiger partial charge on any atom is -0.398 e. The van der Waals surface area contributed by atoms with Gasteiger partial charge < -0.3 is 10.3 Å². The summed E-state index contributed by atoms with van der Waals surface area (Å²) >= 11 is 0. The first-order chi connectivity index (χ1) is 9.58.